The average molecular weight is 364 g/mol. The molecule has 1 aromatic carbocycles. The molecule has 0 aliphatic carbocycles. The van der Waals surface area contributed by atoms with Gasteiger partial charge in [0.05, 0.1) is 19.6 Å². The molecular formula is C20H33N3O3. The van der Waals surface area contributed by atoms with Gasteiger partial charge in [-0.05, 0) is 44.1 Å². The lowest BCUT2D eigenvalue weighted by atomic mass is 10.0. The maximum atomic E-state index is 12.6. The molecule has 26 heavy (non-hydrogen) atoms. The van der Waals surface area contributed by atoms with E-state index in [-0.39, 0.29) is 30.3 Å². The van der Waals surface area contributed by atoms with Crippen molar-refractivity contribution in [1.82, 2.24) is 15.5 Å². The molecule has 0 bridgehead atoms. The molecule has 0 saturated carbocycles. The topological polar surface area (TPSA) is 70.7 Å². The summed E-state index contributed by atoms with van der Waals surface area (Å²) >= 11 is 0. The van der Waals surface area contributed by atoms with Crippen LogP contribution in [-0.4, -0.2) is 50.5 Å². The van der Waals surface area contributed by atoms with Gasteiger partial charge < -0.3 is 20.3 Å². The number of hydrogen-bond donors (Lipinski definition) is 2. The molecule has 0 aromatic heterocycles. The van der Waals surface area contributed by atoms with E-state index in [1.54, 1.807) is 7.11 Å². The first-order valence-corrected chi connectivity index (χ1v) is 9.06. The molecule has 0 aliphatic rings. The van der Waals surface area contributed by atoms with Gasteiger partial charge in [0.15, 0.2) is 0 Å². The van der Waals surface area contributed by atoms with Gasteiger partial charge in [0.1, 0.15) is 5.75 Å². The summed E-state index contributed by atoms with van der Waals surface area (Å²) in [5, 5.41) is 5.99. The van der Waals surface area contributed by atoms with Crippen molar-refractivity contribution in [3.05, 3.63) is 29.8 Å². The van der Waals surface area contributed by atoms with E-state index < -0.39 is 0 Å². The van der Waals surface area contributed by atoms with Crippen molar-refractivity contribution in [2.45, 2.75) is 45.7 Å². The van der Waals surface area contributed by atoms with E-state index in [9.17, 15) is 9.59 Å². The third kappa shape index (κ3) is 8.34. The number of ether oxygens (including phenoxy) is 1. The second kappa shape index (κ2) is 10.8. The zero-order chi connectivity index (χ0) is 19.7. The van der Waals surface area contributed by atoms with Gasteiger partial charge in [-0.15, -0.1) is 0 Å². The van der Waals surface area contributed by atoms with Crippen LogP contribution in [0.4, 0.5) is 0 Å². The zero-order valence-electron chi connectivity index (χ0n) is 16.8. The Labute approximate surface area is 157 Å². The lowest BCUT2D eigenvalue weighted by molar-refractivity contribution is -0.123. The highest BCUT2D eigenvalue weighted by atomic mass is 16.5. The van der Waals surface area contributed by atoms with Crippen LogP contribution in [0.5, 0.6) is 5.75 Å². The van der Waals surface area contributed by atoms with Crippen LogP contribution in [-0.2, 0) is 9.59 Å². The standard InChI is InChI=1S/C20H33N3O3/c1-14(2)11-17(13-23(4)5)22-20(25)12-19(21-15(3)24)16-7-9-18(26-6)10-8-16/h7-10,14,17,19H,11-13H2,1-6H3,(H,21,24)(H,22,25). The molecular weight excluding hydrogens is 330 g/mol. The molecule has 1 aromatic rings. The quantitative estimate of drug-likeness (QED) is 0.669. The maximum Gasteiger partial charge on any atom is 0.222 e. The first kappa shape index (κ1) is 22.0. The van der Waals surface area contributed by atoms with Crippen molar-refractivity contribution in [2.24, 2.45) is 5.92 Å². The van der Waals surface area contributed by atoms with E-state index >= 15 is 0 Å². The van der Waals surface area contributed by atoms with E-state index in [0.717, 1.165) is 24.3 Å². The van der Waals surface area contributed by atoms with Crippen molar-refractivity contribution in [3.63, 3.8) is 0 Å². The third-order valence-corrected chi connectivity index (χ3v) is 3.99. The van der Waals surface area contributed by atoms with Crippen LogP contribution in [0.3, 0.4) is 0 Å². The third-order valence-electron chi connectivity index (χ3n) is 3.99. The Balaban J connectivity index is 2.81. The van der Waals surface area contributed by atoms with Crippen LogP contribution in [0.15, 0.2) is 24.3 Å². The summed E-state index contributed by atoms with van der Waals surface area (Å²) in [5.74, 6) is 1.01. The van der Waals surface area contributed by atoms with Gasteiger partial charge in [-0.1, -0.05) is 26.0 Å². The number of hydrogen-bond acceptors (Lipinski definition) is 4. The van der Waals surface area contributed by atoms with Gasteiger partial charge in [0, 0.05) is 19.5 Å². The zero-order valence-corrected chi connectivity index (χ0v) is 16.8. The molecule has 6 heteroatoms. The lowest BCUT2D eigenvalue weighted by Crippen LogP contribution is -2.43. The highest BCUT2D eigenvalue weighted by Crippen LogP contribution is 2.20. The Morgan fingerprint density at radius 1 is 1.12 bits per heavy atom. The smallest absolute Gasteiger partial charge is 0.222 e. The summed E-state index contributed by atoms with van der Waals surface area (Å²) < 4.78 is 5.17. The van der Waals surface area contributed by atoms with E-state index in [0.29, 0.717) is 5.92 Å². The summed E-state index contributed by atoms with van der Waals surface area (Å²) in [7, 11) is 5.60. The fraction of sp³-hybridized carbons (Fsp3) is 0.600. The van der Waals surface area contributed by atoms with Crippen LogP contribution in [0.1, 0.15) is 45.2 Å². The van der Waals surface area contributed by atoms with Gasteiger partial charge in [-0.2, -0.15) is 0 Å². The van der Waals surface area contributed by atoms with Crippen LogP contribution < -0.4 is 15.4 Å². The predicted molar refractivity (Wildman–Crippen MR) is 104 cm³/mol. The van der Waals surface area contributed by atoms with E-state index in [4.69, 9.17) is 4.74 Å². The second-order valence-electron chi connectivity index (χ2n) is 7.39. The molecule has 146 valence electrons. The molecule has 0 aliphatic heterocycles. The number of rotatable bonds is 10. The molecule has 2 N–H and O–H groups in total. The van der Waals surface area contributed by atoms with Gasteiger partial charge in [-0.3, -0.25) is 9.59 Å². The highest BCUT2D eigenvalue weighted by Gasteiger charge is 2.20. The number of carbonyl (C=O) groups excluding carboxylic acids is 2. The molecule has 0 saturated heterocycles. The Bertz CT molecular complexity index is 560. The van der Waals surface area contributed by atoms with Crippen molar-refractivity contribution in [2.75, 3.05) is 27.7 Å². The van der Waals surface area contributed by atoms with Crippen LogP contribution in [0, 0.1) is 5.92 Å². The van der Waals surface area contributed by atoms with Gasteiger partial charge in [0.2, 0.25) is 11.8 Å². The summed E-state index contributed by atoms with van der Waals surface area (Å²) in [4.78, 5) is 26.2. The minimum absolute atomic E-state index is 0.0629. The fourth-order valence-corrected chi connectivity index (χ4v) is 2.99. The highest BCUT2D eigenvalue weighted by molar-refractivity contribution is 5.79. The molecule has 1 rings (SSSR count). The van der Waals surface area contributed by atoms with Gasteiger partial charge in [0.25, 0.3) is 0 Å². The Morgan fingerprint density at radius 2 is 1.73 bits per heavy atom. The average Bonchev–Trinajstić information content (AvgIpc) is 2.52. The van der Waals surface area contributed by atoms with Crippen LogP contribution in [0.25, 0.3) is 0 Å². The summed E-state index contributed by atoms with van der Waals surface area (Å²) in [6, 6.07) is 7.13. The first-order chi connectivity index (χ1) is 12.2. The number of methoxy groups -OCH3 is 1. The van der Waals surface area contributed by atoms with Crippen molar-refractivity contribution in [3.8, 4) is 5.75 Å². The Hall–Kier alpha value is -2.08. The molecule has 2 unspecified atom stereocenters. The first-order valence-electron chi connectivity index (χ1n) is 9.06. The van der Waals surface area contributed by atoms with Crippen LogP contribution >= 0.6 is 0 Å². The number of nitrogens with zero attached hydrogens (tertiary/aromatic N) is 1. The summed E-state index contributed by atoms with van der Waals surface area (Å²) in [5.41, 5.74) is 0.879. The monoisotopic (exact) mass is 363 g/mol. The summed E-state index contributed by atoms with van der Waals surface area (Å²) in [6.07, 6.45) is 1.12. The minimum atomic E-state index is -0.363. The van der Waals surface area contributed by atoms with Crippen molar-refractivity contribution < 1.29 is 14.3 Å². The molecule has 6 nitrogen and oxygen atoms in total. The second-order valence-corrected chi connectivity index (χ2v) is 7.39. The number of benzene rings is 1. The minimum Gasteiger partial charge on any atom is -0.497 e. The van der Waals surface area contributed by atoms with Gasteiger partial charge in [-0.25, -0.2) is 0 Å². The summed E-state index contributed by atoms with van der Waals surface area (Å²) in [6.45, 7) is 6.54. The Kier molecular flexibility index (Phi) is 9.13. The maximum absolute atomic E-state index is 12.6. The molecule has 2 amide bonds. The molecule has 0 radical (unpaired) electrons. The molecule has 0 fully saturated rings. The van der Waals surface area contributed by atoms with Crippen molar-refractivity contribution >= 4 is 11.8 Å². The van der Waals surface area contributed by atoms with E-state index in [2.05, 4.69) is 29.4 Å². The lowest BCUT2D eigenvalue weighted by Gasteiger charge is -2.25. The SMILES string of the molecule is COc1ccc(C(CC(=O)NC(CC(C)C)CN(C)C)NC(C)=O)cc1. The fourth-order valence-electron chi connectivity index (χ4n) is 2.99. The van der Waals surface area contributed by atoms with E-state index in [1.165, 1.54) is 6.92 Å². The molecule has 0 spiro atoms. The van der Waals surface area contributed by atoms with Crippen LogP contribution in [0.2, 0.25) is 0 Å². The number of carbonyl (C=O) groups is 2. The number of likely N-dealkylation sites (N-methyl/N-ethyl adjacent to an activating group) is 1. The number of amides is 2. The van der Waals surface area contributed by atoms with Crippen molar-refractivity contribution in [1.29, 1.82) is 0 Å². The van der Waals surface area contributed by atoms with E-state index in [1.807, 2.05) is 38.4 Å². The normalized spacial score (nSPS) is 13.4. The van der Waals surface area contributed by atoms with Gasteiger partial charge >= 0.3 is 0 Å². The molecule has 2 atom stereocenters. The predicted octanol–water partition coefficient (Wildman–Crippen LogP) is 2.36. The largest absolute Gasteiger partial charge is 0.497 e. The number of nitrogens with one attached hydrogen (secondary N) is 2. The molecule has 0 heterocycles. The Morgan fingerprint density at radius 3 is 2.19 bits per heavy atom.